The molecule has 24 heavy (non-hydrogen) atoms. The van der Waals surface area contributed by atoms with Crippen LogP contribution in [0.1, 0.15) is 29.0 Å². The number of nitrogens with zero attached hydrogens (tertiary/aromatic N) is 2. The number of carbonyl (C=O) groups excluding carboxylic acids is 2. The molecule has 1 aliphatic heterocycles. The van der Waals surface area contributed by atoms with Crippen molar-refractivity contribution in [1.29, 1.82) is 0 Å². The lowest BCUT2D eigenvalue weighted by Crippen LogP contribution is -2.44. The predicted molar refractivity (Wildman–Crippen MR) is 91.5 cm³/mol. The van der Waals surface area contributed by atoms with Crippen LogP contribution in [0.5, 0.6) is 0 Å². The Labute approximate surface area is 140 Å². The van der Waals surface area contributed by atoms with E-state index in [2.05, 4.69) is 20.2 Å². The monoisotopic (exact) mass is 329 g/mol. The normalized spacial score (nSPS) is 18.6. The van der Waals surface area contributed by atoms with Gasteiger partial charge >= 0.3 is 0 Å². The number of H-pyrrole nitrogens is 1. The van der Waals surface area contributed by atoms with Crippen LogP contribution in [0.15, 0.2) is 18.2 Å². The number of imidazole rings is 1. The van der Waals surface area contributed by atoms with E-state index >= 15 is 0 Å². The van der Waals surface area contributed by atoms with Gasteiger partial charge in [-0.1, -0.05) is 0 Å². The first-order valence-corrected chi connectivity index (χ1v) is 8.29. The van der Waals surface area contributed by atoms with Gasteiger partial charge in [0, 0.05) is 25.2 Å². The van der Waals surface area contributed by atoms with Gasteiger partial charge in [-0.3, -0.25) is 9.59 Å². The summed E-state index contributed by atoms with van der Waals surface area (Å²) in [6.07, 6.45) is 1.83. The van der Waals surface area contributed by atoms with E-state index in [0.717, 1.165) is 42.8 Å². The highest BCUT2D eigenvalue weighted by atomic mass is 16.2. The Hall–Kier alpha value is -2.41. The number of nitrogens with two attached hydrogens (primary N) is 1. The molecule has 128 valence electrons. The Balaban J connectivity index is 1.52. The number of hydrogen-bond acceptors (Lipinski definition) is 4. The zero-order valence-corrected chi connectivity index (χ0v) is 13.8. The molecule has 0 spiro atoms. The number of amides is 2. The molecule has 1 unspecified atom stereocenters. The third-order valence-electron chi connectivity index (χ3n) is 4.48. The van der Waals surface area contributed by atoms with Gasteiger partial charge in [0.25, 0.3) is 5.91 Å². The van der Waals surface area contributed by atoms with Crippen LogP contribution >= 0.6 is 0 Å². The van der Waals surface area contributed by atoms with Crippen LogP contribution in [-0.2, 0) is 4.79 Å². The van der Waals surface area contributed by atoms with E-state index in [1.54, 1.807) is 6.07 Å². The molecule has 1 saturated heterocycles. The standard InChI is InChI=1S/C17H23N5O2/c1-11-20-14-5-4-12(9-15(14)21-11)17(24)19-6-8-22-7-2-3-13(10-22)16(18)23/h4-5,9,13H,2-3,6-8,10H2,1H3,(H2,18,23)(H,19,24)(H,20,21). The average Bonchev–Trinajstić information content (AvgIpc) is 2.94. The smallest absolute Gasteiger partial charge is 0.251 e. The van der Waals surface area contributed by atoms with Gasteiger partial charge in [0.2, 0.25) is 5.91 Å². The average molecular weight is 329 g/mol. The largest absolute Gasteiger partial charge is 0.369 e. The van der Waals surface area contributed by atoms with Crippen LogP contribution in [0.25, 0.3) is 11.0 Å². The number of rotatable bonds is 5. The first-order valence-electron chi connectivity index (χ1n) is 8.29. The lowest BCUT2D eigenvalue weighted by atomic mass is 9.97. The van der Waals surface area contributed by atoms with E-state index < -0.39 is 0 Å². The summed E-state index contributed by atoms with van der Waals surface area (Å²) in [6.45, 7) is 4.78. The number of primary amides is 1. The Morgan fingerprint density at radius 1 is 1.46 bits per heavy atom. The van der Waals surface area contributed by atoms with Crippen LogP contribution in [0.3, 0.4) is 0 Å². The van der Waals surface area contributed by atoms with Gasteiger partial charge in [-0.2, -0.15) is 0 Å². The molecule has 1 atom stereocenters. The maximum Gasteiger partial charge on any atom is 0.251 e. The molecule has 1 fully saturated rings. The molecule has 2 aromatic rings. The number of aromatic nitrogens is 2. The second kappa shape index (κ2) is 7.00. The number of carbonyl (C=O) groups is 2. The maximum absolute atomic E-state index is 12.3. The van der Waals surface area contributed by atoms with Gasteiger partial charge in [-0.25, -0.2) is 4.98 Å². The van der Waals surface area contributed by atoms with Crippen LogP contribution in [0.2, 0.25) is 0 Å². The fourth-order valence-corrected chi connectivity index (χ4v) is 3.20. The zero-order chi connectivity index (χ0) is 17.1. The number of likely N-dealkylation sites (tertiary alicyclic amines) is 1. The highest BCUT2D eigenvalue weighted by molar-refractivity contribution is 5.97. The fraction of sp³-hybridized carbons (Fsp3) is 0.471. The number of benzene rings is 1. The van der Waals surface area contributed by atoms with Crippen molar-refractivity contribution in [3.63, 3.8) is 0 Å². The second-order valence-corrected chi connectivity index (χ2v) is 6.35. The van der Waals surface area contributed by atoms with Crippen molar-refractivity contribution >= 4 is 22.8 Å². The first kappa shape index (κ1) is 16.4. The predicted octanol–water partition coefficient (Wildman–Crippen LogP) is 0.798. The van der Waals surface area contributed by atoms with Gasteiger partial charge in [-0.15, -0.1) is 0 Å². The summed E-state index contributed by atoms with van der Waals surface area (Å²) in [5.74, 6) is 0.427. The molecule has 1 aromatic heterocycles. The number of aromatic amines is 1. The van der Waals surface area contributed by atoms with Crippen molar-refractivity contribution in [3.8, 4) is 0 Å². The molecule has 1 aliphatic rings. The van der Waals surface area contributed by atoms with Gasteiger partial charge < -0.3 is 20.9 Å². The van der Waals surface area contributed by atoms with E-state index in [0.29, 0.717) is 18.7 Å². The zero-order valence-electron chi connectivity index (χ0n) is 13.8. The fourth-order valence-electron chi connectivity index (χ4n) is 3.20. The Morgan fingerprint density at radius 3 is 3.08 bits per heavy atom. The van der Waals surface area contributed by atoms with Crippen LogP contribution in [0.4, 0.5) is 0 Å². The third-order valence-corrected chi connectivity index (χ3v) is 4.48. The van der Waals surface area contributed by atoms with Crippen LogP contribution < -0.4 is 11.1 Å². The van der Waals surface area contributed by atoms with E-state index in [1.807, 2.05) is 19.1 Å². The van der Waals surface area contributed by atoms with Crippen molar-refractivity contribution in [3.05, 3.63) is 29.6 Å². The van der Waals surface area contributed by atoms with E-state index in [4.69, 9.17) is 5.73 Å². The molecule has 0 bridgehead atoms. The van der Waals surface area contributed by atoms with E-state index in [-0.39, 0.29) is 17.7 Å². The van der Waals surface area contributed by atoms with E-state index in [9.17, 15) is 9.59 Å². The number of aryl methyl sites for hydroxylation is 1. The number of piperidine rings is 1. The van der Waals surface area contributed by atoms with Gasteiger partial charge in [0.15, 0.2) is 0 Å². The summed E-state index contributed by atoms with van der Waals surface area (Å²) in [5.41, 5.74) is 7.71. The summed E-state index contributed by atoms with van der Waals surface area (Å²) in [5, 5.41) is 2.93. The second-order valence-electron chi connectivity index (χ2n) is 6.35. The third kappa shape index (κ3) is 3.73. The molecule has 0 radical (unpaired) electrons. The Morgan fingerprint density at radius 2 is 2.29 bits per heavy atom. The Bertz CT molecular complexity index is 755. The van der Waals surface area contributed by atoms with Crippen molar-refractivity contribution in [1.82, 2.24) is 20.2 Å². The SMILES string of the molecule is Cc1nc2ccc(C(=O)NCCN3CCCC(C(N)=O)C3)cc2[nH]1. The summed E-state index contributed by atoms with van der Waals surface area (Å²) >= 11 is 0. The van der Waals surface area contributed by atoms with Gasteiger partial charge in [0.05, 0.1) is 17.0 Å². The summed E-state index contributed by atoms with van der Waals surface area (Å²) in [7, 11) is 0. The molecule has 0 saturated carbocycles. The lowest BCUT2D eigenvalue weighted by molar-refractivity contribution is -0.123. The Kier molecular flexibility index (Phi) is 4.80. The molecule has 4 N–H and O–H groups in total. The highest BCUT2D eigenvalue weighted by Gasteiger charge is 2.23. The minimum absolute atomic E-state index is 0.0690. The molecule has 7 nitrogen and oxygen atoms in total. The molecule has 0 aliphatic carbocycles. The van der Waals surface area contributed by atoms with Gasteiger partial charge in [-0.05, 0) is 44.5 Å². The topological polar surface area (TPSA) is 104 Å². The lowest BCUT2D eigenvalue weighted by Gasteiger charge is -2.31. The summed E-state index contributed by atoms with van der Waals surface area (Å²) in [4.78, 5) is 33.2. The highest BCUT2D eigenvalue weighted by Crippen LogP contribution is 2.16. The molecular weight excluding hydrogens is 306 g/mol. The number of fused-ring (bicyclic) bond motifs is 1. The van der Waals surface area contributed by atoms with Gasteiger partial charge in [0.1, 0.15) is 5.82 Å². The molecule has 3 rings (SSSR count). The van der Waals surface area contributed by atoms with E-state index in [1.165, 1.54) is 0 Å². The first-order chi connectivity index (χ1) is 11.5. The van der Waals surface area contributed by atoms with Crippen LogP contribution in [0, 0.1) is 12.8 Å². The van der Waals surface area contributed by atoms with Crippen molar-refractivity contribution in [2.75, 3.05) is 26.2 Å². The van der Waals surface area contributed by atoms with Crippen molar-refractivity contribution in [2.24, 2.45) is 11.7 Å². The summed E-state index contributed by atoms with van der Waals surface area (Å²) in [6, 6.07) is 5.44. The molecular formula is C17H23N5O2. The maximum atomic E-state index is 12.3. The minimum Gasteiger partial charge on any atom is -0.369 e. The number of hydrogen-bond donors (Lipinski definition) is 3. The molecule has 2 amide bonds. The molecule has 1 aromatic carbocycles. The van der Waals surface area contributed by atoms with Crippen molar-refractivity contribution < 1.29 is 9.59 Å². The van der Waals surface area contributed by atoms with Crippen molar-refractivity contribution in [2.45, 2.75) is 19.8 Å². The quantitative estimate of drug-likeness (QED) is 0.754. The molecule has 7 heteroatoms. The van der Waals surface area contributed by atoms with Crippen LogP contribution in [-0.4, -0.2) is 52.9 Å². The minimum atomic E-state index is -0.230. The molecule has 2 heterocycles. The number of nitrogens with one attached hydrogen (secondary N) is 2. The summed E-state index contributed by atoms with van der Waals surface area (Å²) < 4.78 is 0.